The first-order valence-electron chi connectivity index (χ1n) is 5.16. The van der Waals surface area contributed by atoms with Gasteiger partial charge >= 0.3 is 0 Å². The highest BCUT2D eigenvalue weighted by molar-refractivity contribution is 7.15. The Morgan fingerprint density at radius 2 is 2.12 bits per heavy atom. The molecule has 0 saturated heterocycles. The van der Waals surface area contributed by atoms with Crippen LogP contribution in [-0.4, -0.2) is 16.1 Å². The lowest BCUT2D eigenvalue weighted by Crippen LogP contribution is -2.29. The average Bonchev–Trinajstić information content (AvgIpc) is 2.47. The Morgan fingerprint density at radius 3 is 2.56 bits per heavy atom. The number of hydrogen-bond donors (Lipinski definition) is 2. The molecule has 3 N–H and O–H groups in total. The lowest BCUT2D eigenvalue weighted by Gasteiger charge is -2.19. The van der Waals surface area contributed by atoms with Gasteiger partial charge in [-0.25, -0.2) is 0 Å². The van der Waals surface area contributed by atoms with Gasteiger partial charge in [-0.3, -0.25) is 4.79 Å². The lowest BCUT2D eigenvalue weighted by molar-refractivity contribution is -0.123. The molecule has 0 bridgehead atoms. The van der Waals surface area contributed by atoms with Gasteiger partial charge in [0.05, 0.1) is 6.04 Å². The molecule has 1 aromatic rings. The van der Waals surface area contributed by atoms with Crippen molar-refractivity contribution in [2.45, 2.75) is 40.2 Å². The molecule has 1 amide bonds. The predicted molar refractivity (Wildman–Crippen MR) is 65.0 cm³/mol. The summed E-state index contributed by atoms with van der Waals surface area (Å²) in [7, 11) is 0. The van der Waals surface area contributed by atoms with Crippen molar-refractivity contribution in [3.63, 3.8) is 0 Å². The first kappa shape index (κ1) is 12.9. The van der Waals surface area contributed by atoms with Gasteiger partial charge < -0.3 is 11.1 Å². The third-order valence-electron chi connectivity index (χ3n) is 1.90. The summed E-state index contributed by atoms with van der Waals surface area (Å²) in [5, 5.41) is 11.6. The Bertz CT molecular complexity index is 369. The number of carbonyl (C=O) groups excluding carboxylic acids is 1. The van der Waals surface area contributed by atoms with E-state index in [0.717, 1.165) is 5.01 Å². The fraction of sp³-hybridized carbons (Fsp3) is 0.700. The topological polar surface area (TPSA) is 80.9 Å². The molecular formula is C10H18N4OS. The molecule has 0 aliphatic rings. The van der Waals surface area contributed by atoms with Crippen LogP contribution < -0.4 is 11.1 Å². The molecule has 0 aliphatic heterocycles. The first-order chi connectivity index (χ1) is 7.28. The summed E-state index contributed by atoms with van der Waals surface area (Å²) in [6, 6.07) is -0.135. The maximum atomic E-state index is 11.7. The fourth-order valence-electron chi connectivity index (χ4n) is 1.26. The summed E-state index contributed by atoms with van der Waals surface area (Å²) in [6.07, 6.45) is 0.492. The van der Waals surface area contributed by atoms with Crippen molar-refractivity contribution in [2.75, 3.05) is 5.73 Å². The second-order valence-corrected chi connectivity index (χ2v) is 6.05. The Hall–Kier alpha value is -1.17. The van der Waals surface area contributed by atoms with E-state index in [4.69, 9.17) is 5.73 Å². The maximum Gasteiger partial charge on any atom is 0.221 e. The summed E-state index contributed by atoms with van der Waals surface area (Å²) in [5.41, 5.74) is 5.47. The Kier molecular flexibility index (Phi) is 3.85. The van der Waals surface area contributed by atoms with E-state index in [9.17, 15) is 4.79 Å². The molecule has 0 saturated carbocycles. The van der Waals surface area contributed by atoms with Gasteiger partial charge in [-0.05, 0) is 12.3 Å². The number of aromatic nitrogens is 2. The number of carbonyl (C=O) groups is 1. The van der Waals surface area contributed by atoms with Crippen LogP contribution in [0.4, 0.5) is 5.13 Å². The Labute approximate surface area is 99.5 Å². The van der Waals surface area contributed by atoms with E-state index in [1.165, 1.54) is 11.3 Å². The van der Waals surface area contributed by atoms with Crippen LogP contribution in [0.5, 0.6) is 0 Å². The summed E-state index contributed by atoms with van der Waals surface area (Å²) in [6.45, 7) is 7.96. The Balaban J connectivity index is 2.52. The number of rotatable bonds is 3. The summed E-state index contributed by atoms with van der Waals surface area (Å²) in [4.78, 5) is 11.7. The van der Waals surface area contributed by atoms with Crippen molar-refractivity contribution < 1.29 is 4.79 Å². The summed E-state index contributed by atoms with van der Waals surface area (Å²) in [5.74, 6) is 0.0220. The first-order valence-corrected chi connectivity index (χ1v) is 5.98. The van der Waals surface area contributed by atoms with Gasteiger partial charge in [-0.15, -0.1) is 10.2 Å². The standard InChI is InChI=1S/C10H18N4OS/c1-6(8-13-14-9(11)16-8)12-7(15)5-10(2,3)4/h6H,5H2,1-4H3,(H2,11,14)(H,12,15)/t6-/m0/s1. The highest BCUT2D eigenvalue weighted by Gasteiger charge is 2.19. The largest absolute Gasteiger partial charge is 0.374 e. The number of anilines is 1. The highest BCUT2D eigenvalue weighted by Crippen LogP contribution is 2.21. The van der Waals surface area contributed by atoms with Gasteiger partial charge in [0.2, 0.25) is 11.0 Å². The second kappa shape index (κ2) is 4.78. The molecular weight excluding hydrogens is 224 g/mol. The van der Waals surface area contributed by atoms with Crippen molar-refractivity contribution in [1.29, 1.82) is 0 Å². The normalized spacial score (nSPS) is 13.5. The van der Waals surface area contributed by atoms with E-state index in [-0.39, 0.29) is 17.4 Å². The number of amides is 1. The quantitative estimate of drug-likeness (QED) is 0.846. The predicted octanol–water partition coefficient (Wildman–Crippen LogP) is 1.73. The van der Waals surface area contributed by atoms with E-state index in [2.05, 4.69) is 15.5 Å². The zero-order chi connectivity index (χ0) is 12.3. The fourth-order valence-corrected chi connectivity index (χ4v) is 1.87. The van der Waals surface area contributed by atoms with Gasteiger partial charge in [0, 0.05) is 6.42 Å². The molecule has 0 spiro atoms. The van der Waals surface area contributed by atoms with Crippen LogP contribution in [0, 0.1) is 5.41 Å². The van der Waals surface area contributed by atoms with E-state index in [0.29, 0.717) is 11.6 Å². The molecule has 90 valence electrons. The van der Waals surface area contributed by atoms with Crippen molar-refractivity contribution >= 4 is 22.4 Å². The molecule has 6 heteroatoms. The number of nitrogen functional groups attached to an aromatic ring is 1. The van der Waals surface area contributed by atoms with Crippen molar-refractivity contribution in [2.24, 2.45) is 5.41 Å². The summed E-state index contributed by atoms with van der Waals surface area (Å²) >= 11 is 1.30. The highest BCUT2D eigenvalue weighted by atomic mass is 32.1. The number of nitrogens with zero attached hydrogens (tertiary/aromatic N) is 2. The van der Waals surface area contributed by atoms with Crippen LogP contribution in [0.3, 0.4) is 0 Å². The zero-order valence-electron chi connectivity index (χ0n) is 10.1. The molecule has 5 nitrogen and oxygen atoms in total. The molecule has 1 atom stereocenters. The zero-order valence-corrected chi connectivity index (χ0v) is 10.9. The van der Waals surface area contributed by atoms with E-state index in [1.54, 1.807) is 0 Å². The van der Waals surface area contributed by atoms with Crippen LogP contribution in [0.15, 0.2) is 0 Å². The Morgan fingerprint density at radius 1 is 1.50 bits per heavy atom. The minimum Gasteiger partial charge on any atom is -0.374 e. The molecule has 1 rings (SSSR count). The SMILES string of the molecule is C[C@H](NC(=O)CC(C)(C)C)c1nnc(N)s1. The molecule has 0 aliphatic carbocycles. The number of nitrogens with one attached hydrogen (secondary N) is 1. The molecule has 0 aromatic carbocycles. The second-order valence-electron chi connectivity index (χ2n) is 5.01. The van der Waals surface area contributed by atoms with Crippen molar-refractivity contribution in [3.8, 4) is 0 Å². The molecule has 0 radical (unpaired) electrons. The van der Waals surface area contributed by atoms with Gasteiger partial charge in [-0.1, -0.05) is 32.1 Å². The van der Waals surface area contributed by atoms with Gasteiger partial charge in [0.1, 0.15) is 5.01 Å². The van der Waals surface area contributed by atoms with E-state index < -0.39 is 0 Å². The average molecular weight is 242 g/mol. The van der Waals surface area contributed by atoms with Crippen molar-refractivity contribution in [1.82, 2.24) is 15.5 Å². The van der Waals surface area contributed by atoms with Crippen LogP contribution in [0.1, 0.15) is 45.2 Å². The van der Waals surface area contributed by atoms with Crippen LogP contribution in [0.2, 0.25) is 0 Å². The van der Waals surface area contributed by atoms with Crippen LogP contribution >= 0.6 is 11.3 Å². The smallest absolute Gasteiger partial charge is 0.221 e. The van der Waals surface area contributed by atoms with E-state index in [1.807, 2.05) is 27.7 Å². The van der Waals surface area contributed by atoms with Gasteiger partial charge in [-0.2, -0.15) is 0 Å². The molecule has 1 aromatic heterocycles. The van der Waals surface area contributed by atoms with Crippen LogP contribution in [0.25, 0.3) is 0 Å². The molecule has 0 unspecified atom stereocenters. The molecule has 16 heavy (non-hydrogen) atoms. The van der Waals surface area contributed by atoms with Gasteiger partial charge in [0.25, 0.3) is 0 Å². The number of hydrogen-bond acceptors (Lipinski definition) is 5. The third kappa shape index (κ3) is 4.14. The third-order valence-corrected chi connectivity index (χ3v) is 2.83. The number of nitrogens with two attached hydrogens (primary N) is 1. The monoisotopic (exact) mass is 242 g/mol. The van der Waals surface area contributed by atoms with Crippen molar-refractivity contribution in [3.05, 3.63) is 5.01 Å². The molecule has 1 heterocycles. The molecule has 0 fully saturated rings. The summed E-state index contributed by atoms with van der Waals surface area (Å²) < 4.78 is 0. The van der Waals surface area contributed by atoms with Gasteiger partial charge in [0.15, 0.2) is 0 Å². The maximum absolute atomic E-state index is 11.7. The minimum atomic E-state index is -0.135. The van der Waals surface area contributed by atoms with Crippen LogP contribution in [-0.2, 0) is 4.79 Å². The van der Waals surface area contributed by atoms with E-state index >= 15 is 0 Å². The lowest BCUT2D eigenvalue weighted by atomic mass is 9.92. The minimum absolute atomic E-state index is 0.00996.